The van der Waals surface area contributed by atoms with Gasteiger partial charge in [0.05, 0.1) is 70.7 Å². The van der Waals surface area contributed by atoms with Crippen LogP contribution in [0.1, 0.15) is 146 Å². The van der Waals surface area contributed by atoms with Gasteiger partial charge in [-0.05, 0) is 154 Å². The zero-order valence-corrected chi connectivity index (χ0v) is 63.3. The number of hydrogen-bond acceptors (Lipinski definition) is 29. The van der Waals surface area contributed by atoms with Crippen LogP contribution < -0.4 is 9.47 Å². The molecule has 0 radical (unpaired) electrons. The summed E-state index contributed by atoms with van der Waals surface area (Å²) in [6.07, 6.45) is -25.9. The van der Waals surface area contributed by atoms with Gasteiger partial charge in [-0.15, -0.1) is 12.4 Å². The third-order valence-electron chi connectivity index (χ3n) is 26.3. The van der Waals surface area contributed by atoms with E-state index in [1.807, 2.05) is 24.3 Å². The highest BCUT2D eigenvalue weighted by Gasteiger charge is 2.72. The maximum absolute atomic E-state index is 15.4. The summed E-state index contributed by atoms with van der Waals surface area (Å²) >= 11 is 0. The lowest BCUT2D eigenvalue weighted by Gasteiger charge is -2.71. The Morgan fingerprint density at radius 2 is 1.11 bits per heavy atom. The van der Waals surface area contributed by atoms with E-state index in [9.17, 15) is 71.5 Å². The third kappa shape index (κ3) is 16.7. The molecule has 0 bridgehead atoms. The molecule has 6 saturated heterocycles. The van der Waals surface area contributed by atoms with Gasteiger partial charge in [0.2, 0.25) is 6.29 Å². The number of unbranched alkanes of at least 4 members (excludes halogenated alkanes) is 1. The number of halogens is 1. The molecule has 10 fully saturated rings. The molecular weight excluding hydrogens is 1400 g/mol. The van der Waals surface area contributed by atoms with Crippen LogP contribution in [0.2, 0.25) is 0 Å². The SMILES string of the molecule is CC1OC(OC2CCC3(C)C(CCC4(C)C3CC=C3C5CC(C)(C)CCC5(C(=O)OC5OCC(O)C(O)C5OC5OC(C)C(OC6OC(CO)C(O)C(O)C6O)C(O)C5O)C(O)CC34C)C2(C)C)C(O)C(O)C1OC1OCC(O)C(O)C1O.CCCCOc1ccc(OCCCN2CCOCC2)cc1.Cl. The molecule has 0 aromatic heterocycles. The summed E-state index contributed by atoms with van der Waals surface area (Å²) in [7, 11) is 0. The Bertz CT molecular complexity index is 2990. The van der Waals surface area contributed by atoms with E-state index < -0.39 is 195 Å². The minimum atomic E-state index is -1.93. The molecule has 0 amide bonds. The van der Waals surface area contributed by atoms with E-state index in [1.165, 1.54) is 6.92 Å². The molecule has 1 aromatic carbocycles. The minimum Gasteiger partial charge on any atom is -0.494 e. The number of aliphatic hydroxyl groups excluding tert-OH is 14. The molecule has 29 nitrogen and oxygen atoms in total. The van der Waals surface area contributed by atoms with Gasteiger partial charge in [-0.25, -0.2) is 0 Å². The van der Waals surface area contributed by atoms with Crippen LogP contribution in [0.15, 0.2) is 35.9 Å². The smallest absolute Gasteiger partial charge is 0.317 e. The van der Waals surface area contributed by atoms with E-state index in [4.69, 9.17) is 61.6 Å². The molecule has 0 spiro atoms. The molecular formula is C75H122ClNO28. The number of morpholine rings is 1. The predicted octanol–water partition coefficient (Wildman–Crippen LogP) is 1.48. The van der Waals surface area contributed by atoms with Gasteiger partial charge in [0.15, 0.2) is 31.3 Å². The Kier molecular flexibility index (Phi) is 27.7. The highest BCUT2D eigenvalue weighted by molar-refractivity contribution is 5.85. The molecule has 6 heterocycles. The number of benzene rings is 1. The Morgan fingerprint density at radius 3 is 1.72 bits per heavy atom. The second kappa shape index (κ2) is 34.3. The fourth-order valence-electron chi connectivity index (χ4n) is 19.7. The molecule has 1 aromatic rings. The van der Waals surface area contributed by atoms with Gasteiger partial charge in [-0.2, -0.15) is 0 Å². The summed E-state index contributed by atoms with van der Waals surface area (Å²) in [6, 6.07) is 7.92. The molecule has 4 saturated carbocycles. The number of rotatable bonds is 20. The van der Waals surface area contributed by atoms with Crippen molar-refractivity contribution in [2.24, 2.45) is 50.2 Å². The van der Waals surface area contributed by atoms with Crippen molar-refractivity contribution in [2.45, 2.75) is 300 Å². The first-order valence-electron chi connectivity index (χ1n) is 38.0. The van der Waals surface area contributed by atoms with Crippen molar-refractivity contribution in [1.82, 2.24) is 4.90 Å². The quantitative estimate of drug-likeness (QED) is 0.0380. The molecule has 6 aliphatic heterocycles. The average molecular weight is 1520 g/mol. The van der Waals surface area contributed by atoms with Gasteiger partial charge in [0, 0.05) is 19.6 Å². The van der Waals surface area contributed by atoms with Gasteiger partial charge in [0.1, 0.15) is 108 Å². The molecule has 32 atom stereocenters. The van der Waals surface area contributed by atoms with Crippen molar-refractivity contribution in [1.29, 1.82) is 0 Å². The van der Waals surface area contributed by atoms with Crippen molar-refractivity contribution in [3.05, 3.63) is 35.9 Å². The molecule has 11 aliphatic rings. The molecule has 602 valence electrons. The highest BCUT2D eigenvalue weighted by atomic mass is 35.5. The number of carbonyl (C=O) groups is 1. The third-order valence-corrected chi connectivity index (χ3v) is 26.3. The topological polar surface area (TPSA) is 424 Å². The van der Waals surface area contributed by atoms with Crippen LogP contribution in [-0.4, -0.2) is 302 Å². The maximum atomic E-state index is 15.4. The summed E-state index contributed by atoms with van der Waals surface area (Å²) in [4.78, 5) is 17.8. The Hall–Kier alpha value is -2.68. The Labute approximate surface area is 622 Å². The zero-order chi connectivity index (χ0) is 75.3. The van der Waals surface area contributed by atoms with Crippen LogP contribution in [0.5, 0.6) is 11.5 Å². The van der Waals surface area contributed by atoms with Gasteiger partial charge >= 0.3 is 5.97 Å². The summed E-state index contributed by atoms with van der Waals surface area (Å²) < 4.78 is 76.3. The van der Waals surface area contributed by atoms with E-state index in [-0.39, 0.29) is 59.9 Å². The van der Waals surface area contributed by atoms with Crippen LogP contribution in [0, 0.1) is 50.2 Å². The monoisotopic (exact) mass is 1520 g/mol. The van der Waals surface area contributed by atoms with Gasteiger partial charge < -0.3 is 133 Å². The Balaban J connectivity index is 0.000000461. The second-order valence-electron chi connectivity index (χ2n) is 33.6. The van der Waals surface area contributed by atoms with Gasteiger partial charge in [-0.3, -0.25) is 9.69 Å². The van der Waals surface area contributed by atoms with E-state index in [2.05, 4.69) is 66.4 Å². The minimum absolute atomic E-state index is 0. The first kappa shape index (κ1) is 84.8. The standard InChI is InChI=1S/C58H94O25.C17H27NO3.ClH/c1-23-44(80-47-40(69)34(63)27(60)21-74-47)38(67)42(71)48(76-23)79-33-13-14-55(7)30(54(33,5)6)12-15-56(8)31(55)11-10-25-26-18-53(3,4)16-17-58(26,32(62)19-57(25,56)9)52(73)83-51-46(35(64)28(61)22-75-51)82-49-43(72)39(68)45(24(2)77-49)81-50-41(70)37(66)36(65)29(20-59)78-50;1-2-3-12-20-16-5-7-17(8-6-16)21-13-4-9-18-10-14-19-15-11-18;/h10,23-24,26-51,59-72H,11-22H2,1-9H3;5-8H,2-4,9-15H2,1H3;1H. The van der Waals surface area contributed by atoms with Gasteiger partial charge in [-0.1, -0.05) is 73.5 Å². The number of hydrogen-bond donors (Lipinski definition) is 14. The van der Waals surface area contributed by atoms with Crippen LogP contribution in [-0.2, 0) is 56.9 Å². The van der Waals surface area contributed by atoms with Crippen molar-refractivity contribution in [3.8, 4) is 11.5 Å². The predicted molar refractivity (Wildman–Crippen MR) is 373 cm³/mol. The lowest BCUT2D eigenvalue weighted by atomic mass is 9.33. The summed E-state index contributed by atoms with van der Waals surface area (Å²) in [5.74, 6) is 0.835. The number of fused-ring (bicyclic) bond motifs is 7. The highest BCUT2D eigenvalue weighted by Crippen LogP contribution is 2.76. The molecule has 5 aliphatic carbocycles. The van der Waals surface area contributed by atoms with Crippen molar-refractivity contribution in [3.63, 3.8) is 0 Å². The number of ether oxygens (including phenoxy) is 13. The summed E-state index contributed by atoms with van der Waals surface area (Å²) in [5, 5.41) is 152. The lowest BCUT2D eigenvalue weighted by Crippen LogP contribution is -2.68. The molecule has 12 rings (SSSR count). The molecule has 105 heavy (non-hydrogen) atoms. The number of allylic oxidation sites excluding steroid dienone is 2. The van der Waals surface area contributed by atoms with Crippen molar-refractivity contribution in [2.75, 3.05) is 65.9 Å². The fraction of sp³-hybridized carbons (Fsp3) is 0.880. The number of esters is 1. The van der Waals surface area contributed by atoms with Crippen LogP contribution >= 0.6 is 12.4 Å². The zero-order valence-electron chi connectivity index (χ0n) is 62.4. The van der Waals surface area contributed by atoms with Crippen molar-refractivity contribution >= 4 is 18.4 Å². The van der Waals surface area contributed by atoms with Crippen LogP contribution in [0.25, 0.3) is 0 Å². The number of aliphatic hydroxyl groups is 14. The first-order valence-corrected chi connectivity index (χ1v) is 38.0. The number of nitrogens with zero attached hydrogens (tertiary/aromatic N) is 1. The normalized spacial score (nSPS) is 46.8. The van der Waals surface area contributed by atoms with E-state index in [0.717, 1.165) is 102 Å². The molecule has 32 unspecified atom stereocenters. The van der Waals surface area contributed by atoms with E-state index in [1.54, 1.807) is 6.92 Å². The van der Waals surface area contributed by atoms with E-state index >= 15 is 4.79 Å². The number of carbonyl (C=O) groups excluding carboxylic acids is 1. The van der Waals surface area contributed by atoms with Crippen LogP contribution in [0.4, 0.5) is 0 Å². The molecule has 14 N–H and O–H groups in total. The maximum Gasteiger partial charge on any atom is 0.317 e. The second-order valence-corrected chi connectivity index (χ2v) is 33.6. The summed E-state index contributed by atoms with van der Waals surface area (Å²) in [6.45, 7) is 25.8. The first-order chi connectivity index (χ1) is 49.2. The van der Waals surface area contributed by atoms with Gasteiger partial charge in [0.25, 0.3) is 0 Å². The van der Waals surface area contributed by atoms with Crippen LogP contribution in [0.3, 0.4) is 0 Å². The van der Waals surface area contributed by atoms with Crippen molar-refractivity contribution < 1.29 is 138 Å². The average Bonchev–Trinajstić information content (AvgIpc) is 0.670. The fourth-order valence-corrected chi connectivity index (χ4v) is 19.7. The summed E-state index contributed by atoms with van der Waals surface area (Å²) in [5.41, 5.74) is -2.28. The van der Waals surface area contributed by atoms with E-state index in [0.29, 0.717) is 25.7 Å². The molecule has 30 heteroatoms. The Morgan fingerprint density at radius 1 is 0.571 bits per heavy atom. The lowest BCUT2D eigenvalue weighted by molar-refractivity contribution is -0.374. The largest absolute Gasteiger partial charge is 0.494 e.